The first-order valence-electron chi connectivity index (χ1n) is 7.58. The molecule has 3 rings (SSSR count). The van der Waals surface area contributed by atoms with Crippen molar-refractivity contribution in [1.82, 2.24) is 20.2 Å². The average molecular weight is 312 g/mol. The fourth-order valence-electron chi connectivity index (χ4n) is 3.45. The highest BCUT2D eigenvalue weighted by Crippen LogP contribution is 2.38. The van der Waals surface area contributed by atoms with Gasteiger partial charge in [-0.1, -0.05) is 0 Å². The van der Waals surface area contributed by atoms with E-state index in [4.69, 9.17) is 0 Å². The zero-order valence-electron chi connectivity index (χ0n) is 13.0. The quantitative estimate of drug-likeness (QED) is 0.917. The number of rotatable bonds is 3. The van der Waals surface area contributed by atoms with Crippen molar-refractivity contribution in [2.24, 2.45) is 5.41 Å². The number of hydrogen-bond acceptors (Lipinski definition) is 5. The van der Waals surface area contributed by atoms with Crippen LogP contribution < -0.4 is 10.2 Å². The van der Waals surface area contributed by atoms with Crippen LogP contribution in [0.5, 0.6) is 0 Å². The first-order valence-corrected chi connectivity index (χ1v) is 7.58. The average Bonchev–Trinajstić information content (AvgIpc) is 2.83. The maximum Gasteiger partial charge on any atom is 0.224 e. The Morgan fingerprint density at radius 2 is 1.86 bits per heavy atom. The third-order valence-electron chi connectivity index (χ3n) is 4.68. The molecule has 2 aliphatic heterocycles. The van der Waals surface area contributed by atoms with Crippen LogP contribution in [0.2, 0.25) is 0 Å². The van der Waals surface area contributed by atoms with Gasteiger partial charge >= 0.3 is 0 Å². The normalized spacial score (nSPS) is 21.2. The van der Waals surface area contributed by atoms with Crippen LogP contribution in [-0.2, 0) is 6.54 Å². The van der Waals surface area contributed by atoms with Crippen LogP contribution in [0.25, 0.3) is 0 Å². The van der Waals surface area contributed by atoms with Crippen molar-refractivity contribution in [3.8, 4) is 0 Å². The van der Waals surface area contributed by atoms with E-state index in [2.05, 4.69) is 20.2 Å². The van der Waals surface area contributed by atoms with E-state index in [-0.39, 0.29) is 12.4 Å². The standard InChI is InChI=1S/C15H25N5.ClH/c1-19(2)14-17-9-13(10-18-14)11-20-8-5-15(12-20)3-6-16-7-4-15;/h9-10,16H,3-8,11-12H2,1-2H3;1H. The van der Waals surface area contributed by atoms with Gasteiger partial charge in [-0.25, -0.2) is 9.97 Å². The lowest BCUT2D eigenvalue weighted by Crippen LogP contribution is -2.38. The number of nitrogens with zero attached hydrogens (tertiary/aromatic N) is 4. The third-order valence-corrected chi connectivity index (χ3v) is 4.68. The molecule has 1 N–H and O–H groups in total. The van der Waals surface area contributed by atoms with Crippen LogP contribution in [0.15, 0.2) is 12.4 Å². The molecular weight excluding hydrogens is 286 g/mol. The Hall–Kier alpha value is -0.910. The van der Waals surface area contributed by atoms with Crippen LogP contribution in [0.3, 0.4) is 0 Å². The molecule has 6 heteroatoms. The van der Waals surface area contributed by atoms with Gasteiger partial charge in [0, 0.05) is 45.1 Å². The van der Waals surface area contributed by atoms with Crippen LogP contribution >= 0.6 is 12.4 Å². The fraction of sp³-hybridized carbons (Fsp3) is 0.733. The van der Waals surface area contributed by atoms with Crippen molar-refractivity contribution in [3.05, 3.63) is 18.0 Å². The number of halogens is 1. The summed E-state index contributed by atoms with van der Waals surface area (Å²) >= 11 is 0. The van der Waals surface area contributed by atoms with Gasteiger partial charge in [0.1, 0.15) is 0 Å². The summed E-state index contributed by atoms with van der Waals surface area (Å²) in [6.45, 7) is 5.82. The van der Waals surface area contributed by atoms with E-state index < -0.39 is 0 Å². The Morgan fingerprint density at radius 1 is 1.19 bits per heavy atom. The minimum Gasteiger partial charge on any atom is -0.347 e. The Morgan fingerprint density at radius 3 is 2.48 bits per heavy atom. The van der Waals surface area contributed by atoms with Crippen molar-refractivity contribution in [2.75, 3.05) is 45.2 Å². The fourth-order valence-corrected chi connectivity index (χ4v) is 3.45. The molecule has 0 bridgehead atoms. The Bertz CT molecular complexity index is 442. The molecule has 0 unspecified atom stereocenters. The van der Waals surface area contributed by atoms with Crippen LogP contribution in [0.1, 0.15) is 24.8 Å². The highest BCUT2D eigenvalue weighted by Gasteiger charge is 2.38. The zero-order chi connectivity index (χ0) is 14.0. The molecule has 1 aromatic heterocycles. The molecule has 2 fully saturated rings. The summed E-state index contributed by atoms with van der Waals surface area (Å²) in [6.07, 6.45) is 7.95. The van der Waals surface area contributed by atoms with E-state index in [1.165, 1.54) is 51.0 Å². The SMILES string of the molecule is CN(C)c1ncc(CN2CCC3(CCNCC3)C2)cn1.Cl. The second-order valence-corrected chi connectivity index (χ2v) is 6.50. The van der Waals surface area contributed by atoms with Gasteiger partial charge in [-0.15, -0.1) is 12.4 Å². The number of hydrogen-bond donors (Lipinski definition) is 1. The topological polar surface area (TPSA) is 44.3 Å². The first kappa shape index (κ1) is 16.5. The smallest absolute Gasteiger partial charge is 0.224 e. The maximum absolute atomic E-state index is 4.40. The number of anilines is 1. The van der Waals surface area contributed by atoms with Gasteiger partial charge in [-0.2, -0.15) is 0 Å². The van der Waals surface area contributed by atoms with E-state index in [1.807, 2.05) is 31.4 Å². The molecule has 2 saturated heterocycles. The lowest BCUT2D eigenvalue weighted by atomic mass is 9.78. The van der Waals surface area contributed by atoms with Gasteiger partial charge in [0.2, 0.25) is 5.95 Å². The van der Waals surface area contributed by atoms with Crippen molar-refractivity contribution < 1.29 is 0 Å². The molecule has 0 aromatic carbocycles. The predicted octanol–water partition coefficient (Wildman–Crippen LogP) is 1.54. The van der Waals surface area contributed by atoms with Crippen molar-refractivity contribution in [2.45, 2.75) is 25.8 Å². The summed E-state index contributed by atoms with van der Waals surface area (Å²) in [7, 11) is 3.94. The lowest BCUT2D eigenvalue weighted by molar-refractivity contribution is 0.194. The van der Waals surface area contributed by atoms with Crippen molar-refractivity contribution >= 4 is 18.4 Å². The Labute approximate surface area is 133 Å². The van der Waals surface area contributed by atoms with E-state index in [0.717, 1.165) is 12.5 Å². The molecule has 2 aliphatic rings. The highest BCUT2D eigenvalue weighted by atomic mass is 35.5. The van der Waals surface area contributed by atoms with Gasteiger partial charge in [0.05, 0.1) is 0 Å². The molecule has 1 spiro atoms. The molecule has 0 aliphatic carbocycles. The van der Waals surface area contributed by atoms with E-state index in [0.29, 0.717) is 5.41 Å². The highest BCUT2D eigenvalue weighted by molar-refractivity contribution is 5.85. The molecule has 0 atom stereocenters. The first-order chi connectivity index (χ1) is 9.67. The number of aromatic nitrogens is 2. The van der Waals surface area contributed by atoms with Gasteiger partial charge in [0.25, 0.3) is 0 Å². The predicted molar refractivity (Wildman–Crippen MR) is 88.0 cm³/mol. The molecule has 0 radical (unpaired) electrons. The van der Waals surface area contributed by atoms with E-state index in [1.54, 1.807) is 0 Å². The van der Waals surface area contributed by atoms with Crippen molar-refractivity contribution in [3.63, 3.8) is 0 Å². The lowest BCUT2D eigenvalue weighted by Gasteiger charge is -2.33. The molecule has 1 aromatic rings. The van der Waals surface area contributed by atoms with Crippen molar-refractivity contribution in [1.29, 1.82) is 0 Å². The summed E-state index contributed by atoms with van der Waals surface area (Å²) in [5, 5.41) is 3.47. The molecule has 5 nitrogen and oxygen atoms in total. The van der Waals surface area contributed by atoms with Crippen LogP contribution in [0, 0.1) is 5.41 Å². The monoisotopic (exact) mass is 311 g/mol. The van der Waals surface area contributed by atoms with Crippen LogP contribution in [0.4, 0.5) is 5.95 Å². The zero-order valence-corrected chi connectivity index (χ0v) is 13.8. The van der Waals surface area contributed by atoms with Crippen LogP contribution in [-0.4, -0.2) is 55.1 Å². The number of likely N-dealkylation sites (tertiary alicyclic amines) is 1. The second-order valence-electron chi connectivity index (χ2n) is 6.50. The van der Waals surface area contributed by atoms with E-state index in [9.17, 15) is 0 Å². The van der Waals surface area contributed by atoms with Gasteiger partial charge in [-0.3, -0.25) is 4.90 Å². The molecule has 3 heterocycles. The Balaban J connectivity index is 0.00000161. The van der Waals surface area contributed by atoms with Gasteiger partial charge in [-0.05, 0) is 44.3 Å². The summed E-state index contributed by atoms with van der Waals surface area (Å²) in [6, 6.07) is 0. The van der Waals surface area contributed by atoms with Gasteiger partial charge < -0.3 is 10.2 Å². The minimum atomic E-state index is 0. The number of nitrogens with one attached hydrogen (secondary N) is 1. The molecular formula is C15H26ClN5. The summed E-state index contributed by atoms with van der Waals surface area (Å²) in [5.74, 6) is 0.782. The summed E-state index contributed by atoms with van der Waals surface area (Å²) in [4.78, 5) is 13.3. The number of piperidine rings is 1. The summed E-state index contributed by atoms with van der Waals surface area (Å²) in [5.41, 5.74) is 1.80. The second kappa shape index (κ2) is 6.90. The molecule has 0 saturated carbocycles. The molecule has 21 heavy (non-hydrogen) atoms. The molecule has 118 valence electrons. The maximum atomic E-state index is 4.40. The van der Waals surface area contributed by atoms with E-state index >= 15 is 0 Å². The summed E-state index contributed by atoms with van der Waals surface area (Å²) < 4.78 is 0. The Kier molecular flexibility index (Phi) is 5.41. The third kappa shape index (κ3) is 3.84. The largest absolute Gasteiger partial charge is 0.347 e. The molecule has 0 amide bonds. The van der Waals surface area contributed by atoms with Gasteiger partial charge in [0.15, 0.2) is 0 Å². The minimum absolute atomic E-state index is 0.